The van der Waals surface area contributed by atoms with Gasteiger partial charge in [0.1, 0.15) is 0 Å². The molecule has 1 fully saturated rings. The second kappa shape index (κ2) is 7.34. The Bertz CT molecular complexity index is 195. The number of nitrogens with zero attached hydrogens (tertiary/aromatic N) is 1. The zero-order chi connectivity index (χ0) is 12.7. The fraction of sp³-hybridized carbons (Fsp3) is 1.00. The molecule has 1 unspecified atom stereocenters. The van der Waals surface area contributed by atoms with Crippen LogP contribution in [0.3, 0.4) is 0 Å². The molecule has 0 spiro atoms. The van der Waals surface area contributed by atoms with Gasteiger partial charge in [0.05, 0.1) is 12.2 Å². The molecule has 1 rings (SSSR count). The normalized spacial score (nSPS) is 21.4. The third-order valence-corrected chi connectivity index (χ3v) is 3.12. The van der Waals surface area contributed by atoms with Crippen molar-refractivity contribution in [1.82, 2.24) is 10.2 Å². The monoisotopic (exact) mass is 242 g/mol. The van der Waals surface area contributed by atoms with Gasteiger partial charge in [0.25, 0.3) is 0 Å². The molecule has 17 heavy (non-hydrogen) atoms. The Labute approximate surface area is 107 Å². The second-order valence-corrected chi connectivity index (χ2v) is 6.05. The van der Waals surface area contributed by atoms with Gasteiger partial charge in [0.2, 0.25) is 0 Å². The van der Waals surface area contributed by atoms with Gasteiger partial charge in [-0.2, -0.15) is 0 Å². The van der Waals surface area contributed by atoms with E-state index < -0.39 is 0 Å². The molecule has 0 aromatic rings. The number of nitrogens with one attached hydrogen (secondary N) is 1. The lowest BCUT2D eigenvalue weighted by atomic mass is 10.2. The van der Waals surface area contributed by atoms with E-state index in [1.807, 2.05) is 0 Å². The molecule has 0 aliphatic carbocycles. The Morgan fingerprint density at radius 2 is 2.06 bits per heavy atom. The minimum Gasteiger partial charge on any atom is -0.375 e. The maximum Gasteiger partial charge on any atom is 0.0600 e. The van der Waals surface area contributed by atoms with Crippen LogP contribution in [0.25, 0.3) is 0 Å². The lowest BCUT2D eigenvalue weighted by molar-refractivity contribution is -0.0137. The van der Waals surface area contributed by atoms with Crippen LogP contribution in [0.1, 0.15) is 47.0 Å². The Morgan fingerprint density at radius 1 is 1.29 bits per heavy atom. The van der Waals surface area contributed by atoms with Gasteiger partial charge in [-0.05, 0) is 53.1 Å². The zero-order valence-corrected chi connectivity index (χ0v) is 12.1. The summed E-state index contributed by atoms with van der Waals surface area (Å²) in [5.41, 5.74) is -0.0104. The summed E-state index contributed by atoms with van der Waals surface area (Å²) in [5.74, 6) is 0. The Balaban J connectivity index is 2.22. The molecule has 1 N–H and O–H groups in total. The first-order chi connectivity index (χ1) is 8.01. The highest BCUT2D eigenvalue weighted by atomic mass is 16.5. The molecule has 3 nitrogen and oxygen atoms in total. The molecule has 1 aliphatic heterocycles. The van der Waals surface area contributed by atoms with Gasteiger partial charge >= 0.3 is 0 Å². The van der Waals surface area contributed by atoms with Crippen LogP contribution >= 0.6 is 0 Å². The van der Waals surface area contributed by atoms with E-state index in [1.54, 1.807) is 0 Å². The maximum atomic E-state index is 5.81. The first-order valence-corrected chi connectivity index (χ1v) is 7.11. The summed E-state index contributed by atoms with van der Waals surface area (Å²) in [6.07, 6.45) is 3.89. The van der Waals surface area contributed by atoms with Crippen molar-refractivity contribution in [3.8, 4) is 0 Å². The van der Waals surface area contributed by atoms with E-state index in [-0.39, 0.29) is 5.60 Å². The first-order valence-electron chi connectivity index (χ1n) is 7.11. The SMILES string of the molecule is CCCN(CCOC(C)(C)C)CC1CCCN1. The highest BCUT2D eigenvalue weighted by Gasteiger charge is 2.18. The maximum absolute atomic E-state index is 5.81. The van der Waals surface area contributed by atoms with E-state index in [0.717, 1.165) is 13.2 Å². The molecule has 0 saturated carbocycles. The lowest BCUT2D eigenvalue weighted by Crippen LogP contribution is -2.40. The summed E-state index contributed by atoms with van der Waals surface area (Å²) in [6, 6.07) is 0.705. The van der Waals surface area contributed by atoms with Crippen molar-refractivity contribution < 1.29 is 4.74 Å². The predicted octanol–water partition coefficient (Wildman–Crippen LogP) is 2.27. The highest BCUT2D eigenvalue weighted by Crippen LogP contribution is 2.09. The van der Waals surface area contributed by atoms with Crippen molar-refractivity contribution in [2.75, 3.05) is 32.8 Å². The van der Waals surface area contributed by atoms with Crippen molar-refractivity contribution in [3.63, 3.8) is 0 Å². The van der Waals surface area contributed by atoms with Gasteiger partial charge in [-0.3, -0.25) is 4.90 Å². The number of ether oxygens (including phenoxy) is 1. The second-order valence-electron chi connectivity index (χ2n) is 6.05. The fourth-order valence-corrected chi connectivity index (χ4v) is 2.32. The van der Waals surface area contributed by atoms with Gasteiger partial charge in [-0.1, -0.05) is 6.92 Å². The fourth-order valence-electron chi connectivity index (χ4n) is 2.32. The molecule has 0 aromatic carbocycles. The summed E-state index contributed by atoms with van der Waals surface area (Å²) >= 11 is 0. The van der Waals surface area contributed by atoms with Gasteiger partial charge in [0, 0.05) is 19.1 Å². The van der Waals surface area contributed by atoms with Crippen LogP contribution in [-0.2, 0) is 4.74 Å². The third kappa shape index (κ3) is 7.02. The van der Waals surface area contributed by atoms with Crippen molar-refractivity contribution in [2.45, 2.75) is 58.6 Å². The Kier molecular flexibility index (Phi) is 6.45. The number of hydrogen-bond acceptors (Lipinski definition) is 3. The molecule has 102 valence electrons. The van der Waals surface area contributed by atoms with Crippen LogP contribution in [-0.4, -0.2) is 49.3 Å². The number of rotatable bonds is 7. The van der Waals surface area contributed by atoms with Crippen molar-refractivity contribution >= 4 is 0 Å². The molecule has 1 aliphatic rings. The molecule has 0 aromatic heterocycles. The lowest BCUT2D eigenvalue weighted by Gasteiger charge is -2.27. The van der Waals surface area contributed by atoms with E-state index in [0.29, 0.717) is 6.04 Å². The Hall–Kier alpha value is -0.120. The molecular weight excluding hydrogens is 212 g/mol. The first kappa shape index (κ1) is 14.9. The van der Waals surface area contributed by atoms with E-state index >= 15 is 0 Å². The minimum atomic E-state index is -0.0104. The van der Waals surface area contributed by atoms with Crippen LogP contribution in [0.15, 0.2) is 0 Å². The Morgan fingerprint density at radius 3 is 2.59 bits per heavy atom. The third-order valence-electron chi connectivity index (χ3n) is 3.12. The van der Waals surface area contributed by atoms with Crippen LogP contribution in [0.2, 0.25) is 0 Å². The van der Waals surface area contributed by atoms with E-state index in [2.05, 4.69) is 37.9 Å². The van der Waals surface area contributed by atoms with Crippen LogP contribution < -0.4 is 5.32 Å². The van der Waals surface area contributed by atoms with Gasteiger partial charge in [-0.25, -0.2) is 0 Å². The summed E-state index contributed by atoms with van der Waals surface area (Å²) in [4.78, 5) is 2.54. The highest BCUT2D eigenvalue weighted by molar-refractivity contribution is 4.77. The summed E-state index contributed by atoms with van der Waals surface area (Å²) in [6.45, 7) is 14.1. The molecule has 0 radical (unpaired) electrons. The average Bonchev–Trinajstić information content (AvgIpc) is 2.68. The van der Waals surface area contributed by atoms with E-state index in [9.17, 15) is 0 Å². The number of hydrogen-bond donors (Lipinski definition) is 1. The van der Waals surface area contributed by atoms with E-state index in [4.69, 9.17) is 4.74 Å². The molecule has 1 atom stereocenters. The quantitative estimate of drug-likeness (QED) is 0.741. The van der Waals surface area contributed by atoms with Crippen molar-refractivity contribution in [1.29, 1.82) is 0 Å². The largest absolute Gasteiger partial charge is 0.375 e. The van der Waals surface area contributed by atoms with Gasteiger partial charge < -0.3 is 10.1 Å². The molecule has 3 heteroatoms. The van der Waals surface area contributed by atoms with Gasteiger partial charge in [0.15, 0.2) is 0 Å². The smallest absolute Gasteiger partial charge is 0.0600 e. The average molecular weight is 242 g/mol. The van der Waals surface area contributed by atoms with Crippen LogP contribution in [0.4, 0.5) is 0 Å². The molecule has 1 heterocycles. The van der Waals surface area contributed by atoms with Crippen LogP contribution in [0, 0.1) is 0 Å². The summed E-state index contributed by atoms with van der Waals surface area (Å²) in [5, 5.41) is 3.57. The standard InChI is InChI=1S/C14H30N2O/c1-5-9-16(10-11-17-14(2,3)4)12-13-7-6-8-15-13/h13,15H,5-12H2,1-4H3. The topological polar surface area (TPSA) is 24.5 Å². The minimum absolute atomic E-state index is 0.0104. The predicted molar refractivity (Wildman–Crippen MR) is 73.5 cm³/mol. The molecule has 1 saturated heterocycles. The summed E-state index contributed by atoms with van der Waals surface area (Å²) < 4.78 is 5.81. The summed E-state index contributed by atoms with van der Waals surface area (Å²) in [7, 11) is 0. The zero-order valence-electron chi connectivity index (χ0n) is 12.1. The van der Waals surface area contributed by atoms with Crippen molar-refractivity contribution in [2.24, 2.45) is 0 Å². The van der Waals surface area contributed by atoms with E-state index in [1.165, 1.54) is 38.9 Å². The molecule has 0 bridgehead atoms. The van der Waals surface area contributed by atoms with Crippen LogP contribution in [0.5, 0.6) is 0 Å². The molecular formula is C14H30N2O. The van der Waals surface area contributed by atoms with Crippen molar-refractivity contribution in [3.05, 3.63) is 0 Å². The van der Waals surface area contributed by atoms with Gasteiger partial charge in [-0.15, -0.1) is 0 Å². The molecule has 0 amide bonds.